The predicted octanol–water partition coefficient (Wildman–Crippen LogP) is 1.43. The maximum absolute atomic E-state index is 12.3. The standard InChI is InChI=1S/C17H20N6O/c1-12-5-6-15-20-21-16(22(15)11-12)10-18-17(24)8-13-9-19-23-7-3-2-4-14(13)23/h5-6,9,11H,2-4,7-8,10H2,1H3,(H,18,24). The number of aryl methyl sites for hydroxylation is 2. The molecule has 7 nitrogen and oxygen atoms in total. The SMILES string of the molecule is Cc1ccc2nnc(CNC(=O)Cc3cnn4c3CCCC4)n2c1. The lowest BCUT2D eigenvalue weighted by Gasteiger charge is -2.14. The zero-order chi connectivity index (χ0) is 16.5. The van der Waals surface area contributed by atoms with Gasteiger partial charge < -0.3 is 5.32 Å². The van der Waals surface area contributed by atoms with Crippen molar-refractivity contribution in [1.29, 1.82) is 0 Å². The second-order valence-electron chi connectivity index (χ2n) is 6.30. The van der Waals surface area contributed by atoms with Crippen molar-refractivity contribution in [2.24, 2.45) is 0 Å². The molecule has 0 saturated heterocycles. The van der Waals surface area contributed by atoms with Crippen molar-refractivity contribution in [3.05, 3.63) is 47.2 Å². The van der Waals surface area contributed by atoms with E-state index in [1.54, 1.807) is 0 Å². The number of rotatable bonds is 4. The first kappa shape index (κ1) is 14.9. The molecule has 1 aliphatic heterocycles. The average Bonchev–Trinajstić information content (AvgIpc) is 3.17. The van der Waals surface area contributed by atoms with Gasteiger partial charge in [-0.15, -0.1) is 10.2 Å². The molecular formula is C17H20N6O. The minimum atomic E-state index is -0.0132. The first-order valence-corrected chi connectivity index (χ1v) is 8.31. The predicted molar refractivity (Wildman–Crippen MR) is 88.4 cm³/mol. The molecule has 7 heteroatoms. The summed E-state index contributed by atoms with van der Waals surface area (Å²) in [5.74, 6) is 0.722. The van der Waals surface area contributed by atoms with Crippen molar-refractivity contribution < 1.29 is 4.79 Å². The Morgan fingerprint density at radius 1 is 1.29 bits per heavy atom. The van der Waals surface area contributed by atoms with Gasteiger partial charge in [0.1, 0.15) is 0 Å². The quantitative estimate of drug-likeness (QED) is 0.787. The minimum absolute atomic E-state index is 0.0132. The van der Waals surface area contributed by atoms with Crippen LogP contribution in [0.15, 0.2) is 24.5 Å². The molecule has 0 aromatic carbocycles. The lowest BCUT2D eigenvalue weighted by Crippen LogP contribution is -2.26. The van der Waals surface area contributed by atoms with E-state index in [1.165, 1.54) is 18.5 Å². The Labute approximate surface area is 139 Å². The number of carbonyl (C=O) groups excluding carboxylic acids is 1. The summed E-state index contributed by atoms with van der Waals surface area (Å²) in [4.78, 5) is 12.3. The van der Waals surface area contributed by atoms with E-state index >= 15 is 0 Å². The summed E-state index contributed by atoms with van der Waals surface area (Å²) >= 11 is 0. The van der Waals surface area contributed by atoms with E-state index in [1.807, 2.05) is 40.5 Å². The fraction of sp³-hybridized carbons (Fsp3) is 0.412. The Kier molecular flexibility index (Phi) is 3.76. The van der Waals surface area contributed by atoms with E-state index < -0.39 is 0 Å². The molecule has 1 amide bonds. The number of hydrogen-bond acceptors (Lipinski definition) is 4. The highest BCUT2D eigenvalue weighted by atomic mass is 16.1. The Hall–Kier alpha value is -2.70. The van der Waals surface area contributed by atoms with Gasteiger partial charge in [0.25, 0.3) is 0 Å². The molecule has 0 bridgehead atoms. The van der Waals surface area contributed by atoms with Gasteiger partial charge in [0.15, 0.2) is 11.5 Å². The third-order valence-electron chi connectivity index (χ3n) is 4.48. The summed E-state index contributed by atoms with van der Waals surface area (Å²) in [6.07, 6.45) is 7.52. The number of aromatic nitrogens is 5. The normalized spacial score (nSPS) is 13.9. The van der Waals surface area contributed by atoms with E-state index in [9.17, 15) is 4.79 Å². The van der Waals surface area contributed by atoms with Crippen LogP contribution in [0.5, 0.6) is 0 Å². The average molecular weight is 324 g/mol. The van der Waals surface area contributed by atoms with E-state index in [0.29, 0.717) is 13.0 Å². The van der Waals surface area contributed by atoms with Gasteiger partial charge in [0.2, 0.25) is 5.91 Å². The van der Waals surface area contributed by atoms with Crippen LogP contribution in [0.4, 0.5) is 0 Å². The van der Waals surface area contributed by atoms with Crippen LogP contribution in [0.2, 0.25) is 0 Å². The smallest absolute Gasteiger partial charge is 0.224 e. The fourth-order valence-corrected chi connectivity index (χ4v) is 3.21. The summed E-state index contributed by atoms with van der Waals surface area (Å²) in [5.41, 5.74) is 4.16. The number of pyridine rings is 1. The number of carbonyl (C=O) groups is 1. The van der Waals surface area contributed by atoms with Gasteiger partial charge in [0, 0.05) is 24.0 Å². The monoisotopic (exact) mass is 324 g/mol. The maximum atomic E-state index is 12.3. The van der Waals surface area contributed by atoms with Gasteiger partial charge in [-0.1, -0.05) is 6.07 Å². The third-order valence-corrected chi connectivity index (χ3v) is 4.48. The molecule has 0 aliphatic carbocycles. The molecule has 124 valence electrons. The molecule has 1 aliphatic rings. The van der Waals surface area contributed by atoms with Crippen LogP contribution in [0.3, 0.4) is 0 Å². The molecule has 0 atom stereocenters. The van der Waals surface area contributed by atoms with Crippen LogP contribution >= 0.6 is 0 Å². The number of nitrogens with one attached hydrogen (secondary N) is 1. The lowest BCUT2D eigenvalue weighted by molar-refractivity contribution is -0.120. The second-order valence-corrected chi connectivity index (χ2v) is 6.30. The highest BCUT2D eigenvalue weighted by Gasteiger charge is 2.17. The van der Waals surface area contributed by atoms with Crippen molar-refractivity contribution in [3.63, 3.8) is 0 Å². The molecule has 1 N–H and O–H groups in total. The summed E-state index contributed by atoms with van der Waals surface area (Å²) in [7, 11) is 0. The Morgan fingerprint density at radius 3 is 3.12 bits per heavy atom. The van der Waals surface area contributed by atoms with Crippen LogP contribution in [0.1, 0.15) is 35.5 Å². The molecule has 0 unspecified atom stereocenters. The van der Waals surface area contributed by atoms with Crippen molar-refractivity contribution in [2.45, 2.75) is 45.7 Å². The van der Waals surface area contributed by atoms with Crippen LogP contribution in [0.25, 0.3) is 5.65 Å². The molecule has 0 spiro atoms. The number of fused-ring (bicyclic) bond motifs is 2. The van der Waals surface area contributed by atoms with Crippen LogP contribution < -0.4 is 5.32 Å². The van der Waals surface area contributed by atoms with E-state index in [-0.39, 0.29) is 5.91 Å². The molecule has 4 heterocycles. The zero-order valence-electron chi connectivity index (χ0n) is 13.7. The number of amides is 1. The van der Waals surface area contributed by atoms with E-state index in [0.717, 1.165) is 35.6 Å². The van der Waals surface area contributed by atoms with Crippen LogP contribution in [0, 0.1) is 6.92 Å². The number of nitrogens with zero attached hydrogens (tertiary/aromatic N) is 5. The highest BCUT2D eigenvalue weighted by Crippen LogP contribution is 2.18. The first-order chi connectivity index (χ1) is 11.7. The fourth-order valence-electron chi connectivity index (χ4n) is 3.21. The molecule has 0 saturated carbocycles. The Morgan fingerprint density at radius 2 is 2.21 bits per heavy atom. The summed E-state index contributed by atoms with van der Waals surface area (Å²) in [6, 6.07) is 3.92. The Balaban J connectivity index is 1.43. The molecule has 3 aromatic heterocycles. The van der Waals surface area contributed by atoms with Crippen molar-refractivity contribution >= 4 is 11.6 Å². The Bertz CT molecular complexity index is 894. The van der Waals surface area contributed by atoms with Crippen LogP contribution in [-0.2, 0) is 30.7 Å². The number of hydrogen-bond donors (Lipinski definition) is 1. The summed E-state index contributed by atoms with van der Waals surface area (Å²) < 4.78 is 3.94. The summed E-state index contributed by atoms with van der Waals surface area (Å²) in [6.45, 7) is 3.35. The lowest BCUT2D eigenvalue weighted by atomic mass is 10.0. The molecule has 0 fully saturated rings. The topological polar surface area (TPSA) is 77.1 Å². The minimum Gasteiger partial charge on any atom is -0.348 e. The van der Waals surface area contributed by atoms with Crippen LogP contribution in [-0.4, -0.2) is 30.3 Å². The van der Waals surface area contributed by atoms with Gasteiger partial charge >= 0.3 is 0 Å². The second kappa shape index (κ2) is 6.07. The van der Waals surface area contributed by atoms with Gasteiger partial charge in [-0.3, -0.25) is 13.9 Å². The molecular weight excluding hydrogens is 304 g/mol. The van der Waals surface area contributed by atoms with E-state index in [2.05, 4.69) is 20.6 Å². The van der Waals surface area contributed by atoms with Gasteiger partial charge in [-0.25, -0.2) is 0 Å². The molecule has 4 rings (SSSR count). The van der Waals surface area contributed by atoms with E-state index in [4.69, 9.17) is 0 Å². The molecule has 3 aromatic rings. The van der Waals surface area contributed by atoms with Crippen molar-refractivity contribution in [1.82, 2.24) is 29.7 Å². The first-order valence-electron chi connectivity index (χ1n) is 8.31. The van der Waals surface area contributed by atoms with Gasteiger partial charge in [-0.2, -0.15) is 5.10 Å². The molecule has 0 radical (unpaired) electrons. The van der Waals surface area contributed by atoms with Gasteiger partial charge in [-0.05, 0) is 37.8 Å². The highest BCUT2D eigenvalue weighted by molar-refractivity contribution is 5.78. The summed E-state index contributed by atoms with van der Waals surface area (Å²) in [5, 5.41) is 15.6. The van der Waals surface area contributed by atoms with Crippen molar-refractivity contribution in [2.75, 3.05) is 0 Å². The molecule has 24 heavy (non-hydrogen) atoms. The third kappa shape index (κ3) is 2.77. The zero-order valence-corrected chi connectivity index (χ0v) is 13.7. The largest absolute Gasteiger partial charge is 0.348 e. The van der Waals surface area contributed by atoms with Crippen molar-refractivity contribution in [3.8, 4) is 0 Å². The maximum Gasteiger partial charge on any atom is 0.224 e. The van der Waals surface area contributed by atoms with Gasteiger partial charge in [0.05, 0.1) is 19.2 Å².